The zero-order chi connectivity index (χ0) is 14.5. The fourth-order valence-corrected chi connectivity index (χ4v) is 3.29. The highest BCUT2D eigenvalue weighted by molar-refractivity contribution is 7.85. The number of carbonyl (C=O) groups excluding carboxylic acids is 1. The summed E-state index contributed by atoms with van der Waals surface area (Å²) in [7, 11) is -0.748. The number of nitrogens with one attached hydrogen (secondary N) is 2. The molecule has 0 bridgehead atoms. The third-order valence-electron chi connectivity index (χ3n) is 3.11. The number of hydrogen-bond donors (Lipinski definition) is 3. The molecule has 20 heavy (non-hydrogen) atoms. The summed E-state index contributed by atoms with van der Waals surface area (Å²) in [6.07, 6.45) is 1.44. The Labute approximate surface area is 119 Å². The monoisotopic (exact) mass is 296 g/mol. The van der Waals surface area contributed by atoms with Crippen molar-refractivity contribution in [2.24, 2.45) is 0 Å². The molecule has 1 aliphatic rings. The highest BCUT2D eigenvalue weighted by Crippen LogP contribution is 2.11. The summed E-state index contributed by atoms with van der Waals surface area (Å²) in [5.41, 5.74) is 0.706. The minimum absolute atomic E-state index is 0.0472. The van der Waals surface area contributed by atoms with Crippen LogP contribution in [-0.2, 0) is 10.8 Å². The van der Waals surface area contributed by atoms with Crippen molar-refractivity contribution in [3.63, 3.8) is 0 Å². The Hall–Kier alpha value is -1.89. The van der Waals surface area contributed by atoms with E-state index in [2.05, 4.69) is 10.6 Å². The van der Waals surface area contributed by atoms with Gasteiger partial charge in [-0.25, -0.2) is 9.59 Å². The van der Waals surface area contributed by atoms with Crippen LogP contribution in [0.2, 0.25) is 0 Å². The largest absolute Gasteiger partial charge is 0.478 e. The first kappa shape index (κ1) is 14.5. The summed E-state index contributed by atoms with van der Waals surface area (Å²) in [5, 5.41) is 14.2. The van der Waals surface area contributed by atoms with Crippen LogP contribution in [0, 0.1) is 0 Å². The first-order chi connectivity index (χ1) is 9.54. The van der Waals surface area contributed by atoms with Crippen molar-refractivity contribution < 1.29 is 18.9 Å². The van der Waals surface area contributed by atoms with E-state index in [0.29, 0.717) is 17.2 Å². The van der Waals surface area contributed by atoms with Crippen molar-refractivity contribution in [2.45, 2.75) is 18.9 Å². The third-order valence-corrected chi connectivity index (χ3v) is 4.49. The molecule has 2 amide bonds. The van der Waals surface area contributed by atoms with Gasteiger partial charge in [0.2, 0.25) is 0 Å². The fourth-order valence-electron chi connectivity index (χ4n) is 1.99. The van der Waals surface area contributed by atoms with Crippen LogP contribution in [0.1, 0.15) is 23.2 Å². The van der Waals surface area contributed by atoms with Crippen molar-refractivity contribution >= 4 is 28.5 Å². The van der Waals surface area contributed by atoms with Crippen molar-refractivity contribution in [1.29, 1.82) is 0 Å². The summed E-state index contributed by atoms with van der Waals surface area (Å²) < 4.78 is 11.2. The molecule has 3 N–H and O–H groups in total. The molecule has 108 valence electrons. The standard InChI is InChI=1S/C13H16N2O4S/c16-12(17)9-1-3-10(4-2-9)14-13(18)15-11-5-7-20(19)8-6-11/h1-4,11H,5-8H2,(H,16,17)(H2,14,15,18). The van der Waals surface area contributed by atoms with Crippen LogP contribution >= 0.6 is 0 Å². The van der Waals surface area contributed by atoms with Gasteiger partial charge in [-0.15, -0.1) is 0 Å². The van der Waals surface area contributed by atoms with E-state index in [4.69, 9.17) is 5.11 Å². The minimum Gasteiger partial charge on any atom is -0.478 e. The first-order valence-corrected chi connectivity index (χ1v) is 7.79. The summed E-state index contributed by atoms with van der Waals surface area (Å²) in [6, 6.07) is 5.66. The third kappa shape index (κ3) is 4.06. The minimum atomic E-state index is -1.00. The Balaban J connectivity index is 1.85. The van der Waals surface area contributed by atoms with E-state index in [0.717, 1.165) is 12.8 Å². The van der Waals surface area contributed by atoms with Gasteiger partial charge in [-0.3, -0.25) is 4.21 Å². The maximum atomic E-state index is 11.8. The quantitative estimate of drug-likeness (QED) is 0.786. The predicted octanol–water partition coefficient (Wildman–Crippen LogP) is 1.42. The van der Waals surface area contributed by atoms with Crippen molar-refractivity contribution in [2.75, 3.05) is 16.8 Å². The summed E-state index contributed by atoms with van der Waals surface area (Å²) >= 11 is 0. The van der Waals surface area contributed by atoms with E-state index in [-0.39, 0.29) is 17.6 Å². The number of carbonyl (C=O) groups is 2. The van der Waals surface area contributed by atoms with E-state index in [9.17, 15) is 13.8 Å². The molecule has 2 rings (SSSR count). The zero-order valence-corrected chi connectivity index (χ0v) is 11.6. The number of amides is 2. The van der Waals surface area contributed by atoms with Crippen molar-refractivity contribution in [3.8, 4) is 0 Å². The summed E-state index contributed by atoms with van der Waals surface area (Å²) in [5.74, 6) is 0.243. The highest BCUT2D eigenvalue weighted by Gasteiger charge is 2.19. The lowest BCUT2D eigenvalue weighted by Crippen LogP contribution is -2.41. The Kier molecular flexibility index (Phi) is 4.73. The number of benzene rings is 1. The molecule has 0 saturated carbocycles. The van der Waals surface area contributed by atoms with Crippen LogP contribution < -0.4 is 10.6 Å². The van der Waals surface area contributed by atoms with E-state index in [1.54, 1.807) is 12.1 Å². The van der Waals surface area contributed by atoms with Gasteiger partial charge in [0.15, 0.2) is 0 Å². The Morgan fingerprint density at radius 3 is 2.30 bits per heavy atom. The molecule has 1 aromatic carbocycles. The second-order valence-electron chi connectivity index (χ2n) is 4.60. The molecule has 0 aliphatic carbocycles. The molecule has 6 nitrogen and oxygen atoms in total. The van der Waals surface area contributed by atoms with E-state index in [1.807, 2.05) is 0 Å². The van der Waals surface area contributed by atoms with Gasteiger partial charge in [0, 0.05) is 34.0 Å². The maximum absolute atomic E-state index is 11.8. The molecular weight excluding hydrogens is 280 g/mol. The molecule has 0 aromatic heterocycles. The molecule has 1 saturated heterocycles. The maximum Gasteiger partial charge on any atom is 0.335 e. The smallest absolute Gasteiger partial charge is 0.335 e. The normalized spacial score (nSPS) is 22.0. The van der Waals surface area contributed by atoms with Gasteiger partial charge in [-0.1, -0.05) is 0 Å². The van der Waals surface area contributed by atoms with Crippen LogP contribution in [-0.4, -0.2) is 38.9 Å². The van der Waals surface area contributed by atoms with Crippen molar-refractivity contribution in [1.82, 2.24) is 5.32 Å². The zero-order valence-electron chi connectivity index (χ0n) is 10.8. The van der Waals surface area contributed by atoms with Gasteiger partial charge in [0.05, 0.1) is 5.56 Å². The molecule has 1 heterocycles. The number of carboxylic acid groups (broad SMARTS) is 1. The summed E-state index contributed by atoms with van der Waals surface area (Å²) in [4.78, 5) is 22.5. The van der Waals surface area contributed by atoms with E-state index in [1.165, 1.54) is 12.1 Å². The highest BCUT2D eigenvalue weighted by atomic mass is 32.2. The fraction of sp³-hybridized carbons (Fsp3) is 0.385. The van der Waals surface area contributed by atoms with Crippen LogP contribution in [0.25, 0.3) is 0 Å². The average molecular weight is 296 g/mol. The number of urea groups is 1. The van der Waals surface area contributed by atoms with Gasteiger partial charge in [0.1, 0.15) is 0 Å². The molecule has 0 spiro atoms. The van der Waals surface area contributed by atoms with Crippen LogP contribution in [0.3, 0.4) is 0 Å². The predicted molar refractivity (Wildman–Crippen MR) is 76.5 cm³/mol. The summed E-state index contributed by atoms with van der Waals surface area (Å²) in [6.45, 7) is 0. The van der Waals surface area contributed by atoms with E-state index >= 15 is 0 Å². The molecule has 1 aliphatic heterocycles. The van der Waals surface area contributed by atoms with Gasteiger partial charge in [-0.2, -0.15) is 0 Å². The van der Waals surface area contributed by atoms with Crippen LogP contribution in [0.5, 0.6) is 0 Å². The lowest BCUT2D eigenvalue weighted by atomic mass is 10.1. The second kappa shape index (κ2) is 6.51. The number of hydrogen-bond acceptors (Lipinski definition) is 3. The molecule has 7 heteroatoms. The average Bonchev–Trinajstić information content (AvgIpc) is 2.42. The number of carboxylic acids is 1. The van der Waals surface area contributed by atoms with E-state index < -0.39 is 16.8 Å². The van der Waals surface area contributed by atoms with Crippen LogP contribution in [0.15, 0.2) is 24.3 Å². The molecule has 1 fully saturated rings. The van der Waals surface area contributed by atoms with Crippen LogP contribution in [0.4, 0.5) is 10.5 Å². The van der Waals surface area contributed by atoms with Crippen molar-refractivity contribution in [3.05, 3.63) is 29.8 Å². The first-order valence-electron chi connectivity index (χ1n) is 6.30. The number of anilines is 1. The Morgan fingerprint density at radius 2 is 1.75 bits per heavy atom. The molecule has 1 aromatic rings. The second-order valence-corrected chi connectivity index (χ2v) is 6.30. The molecule has 0 atom stereocenters. The van der Waals surface area contributed by atoms with Gasteiger partial charge < -0.3 is 15.7 Å². The molecule has 0 unspecified atom stereocenters. The number of rotatable bonds is 3. The van der Waals surface area contributed by atoms with Gasteiger partial charge in [0.25, 0.3) is 0 Å². The van der Waals surface area contributed by atoms with Gasteiger partial charge in [-0.05, 0) is 37.1 Å². The molecular formula is C13H16N2O4S. The topological polar surface area (TPSA) is 95.5 Å². The molecule has 0 radical (unpaired) electrons. The lowest BCUT2D eigenvalue weighted by Gasteiger charge is -2.22. The Bertz CT molecular complexity index is 520. The SMILES string of the molecule is O=C(Nc1ccc(C(=O)O)cc1)NC1CCS(=O)CC1. The Morgan fingerprint density at radius 1 is 1.15 bits per heavy atom. The van der Waals surface area contributed by atoms with Gasteiger partial charge >= 0.3 is 12.0 Å². The lowest BCUT2D eigenvalue weighted by molar-refractivity contribution is 0.0697. The number of aromatic carboxylic acids is 1.